The van der Waals surface area contributed by atoms with Crippen molar-refractivity contribution in [3.05, 3.63) is 108 Å². The smallest absolute Gasteiger partial charge is 0.309 e. The molecule has 0 saturated carbocycles. The highest BCUT2D eigenvalue weighted by molar-refractivity contribution is 5.95. The predicted octanol–water partition coefficient (Wildman–Crippen LogP) is 7.12. The maximum atomic E-state index is 14.0. The van der Waals surface area contributed by atoms with Gasteiger partial charge in [0.1, 0.15) is 31.0 Å². The number of hydrogen-bond donors (Lipinski definition) is 4. The Morgan fingerprint density at radius 3 is 1.57 bits per heavy atom. The Morgan fingerprint density at radius 2 is 1.01 bits per heavy atom. The van der Waals surface area contributed by atoms with Crippen LogP contribution in [0.25, 0.3) is 0 Å². The topological polar surface area (TPSA) is 308 Å². The zero-order chi connectivity index (χ0) is 66.7. The molecule has 4 amide bonds. The summed E-state index contributed by atoms with van der Waals surface area (Å²) < 4.78 is 32.7. The van der Waals surface area contributed by atoms with E-state index in [0.29, 0.717) is 0 Å². The Balaban J connectivity index is 1.49. The summed E-state index contributed by atoms with van der Waals surface area (Å²) >= 11 is 0. The SMILES string of the molecule is CC(=O)C(CCC(=O)OCc1ccccc1)NC(=O)C(CCC(=O)OCc1ccccc1)CC(=O)COCCOCCNC(=O)CCC(CC(=O)CNC(=O)C(CC(=O)C(Cc1ccccc1)NC(=O)CCC(=O)OC(C)(C)C)CC(C)C)C(=O)OC(C)(C)C. The zero-order valence-corrected chi connectivity index (χ0v) is 53.8. The van der Waals surface area contributed by atoms with Crippen LogP contribution in [0.5, 0.6) is 0 Å². The van der Waals surface area contributed by atoms with Crippen molar-refractivity contribution in [3.8, 4) is 0 Å². The van der Waals surface area contributed by atoms with Gasteiger partial charge in [0.15, 0.2) is 23.1 Å². The first-order valence-corrected chi connectivity index (χ1v) is 30.8. The lowest BCUT2D eigenvalue weighted by atomic mass is 9.88. The van der Waals surface area contributed by atoms with E-state index in [1.165, 1.54) is 6.92 Å². The minimum absolute atomic E-state index is 0.0119. The van der Waals surface area contributed by atoms with Gasteiger partial charge in [-0.25, -0.2) is 0 Å². The van der Waals surface area contributed by atoms with Crippen LogP contribution in [0.1, 0.15) is 156 Å². The van der Waals surface area contributed by atoms with Crippen molar-refractivity contribution in [1.82, 2.24) is 21.3 Å². The van der Waals surface area contributed by atoms with E-state index in [0.717, 1.165) is 16.7 Å². The van der Waals surface area contributed by atoms with Crippen LogP contribution in [0.3, 0.4) is 0 Å². The number of ether oxygens (including phenoxy) is 6. The fourth-order valence-electron chi connectivity index (χ4n) is 9.14. The van der Waals surface area contributed by atoms with Gasteiger partial charge in [-0.3, -0.25) is 57.5 Å². The summed E-state index contributed by atoms with van der Waals surface area (Å²) in [7, 11) is 0. The standard InChI is InChI=1S/C68H94N4O18/c1-46(2)37-53(41-58(76)57(38-48-19-13-10-14-20-48)71-60(78)29-32-63(81)89-67(4,5)6)64(82)70-42-54(74)40-52(66(84)90-68(7,8)9)25-28-59(77)69-33-34-85-35-36-86-45-55(75)39-51(26-30-61(79)87-43-49-21-15-11-16-22-49)65(83)72-56(47(3)73)27-31-62(80)88-44-50-23-17-12-18-24-50/h10-24,46,51-53,56-57H,25-45H2,1-9H3,(H,69,77)(H,70,82)(H,71,78)(H,72,83). The Hall–Kier alpha value is -7.98. The molecule has 90 heavy (non-hydrogen) atoms. The van der Waals surface area contributed by atoms with Crippen LogP contribution < -0.4 is 21.3 Å². The molecule has 22 nitrogen and oxygen atoms in total. The van der Waals surface area contributed by atoms with Gasteiger partial charge in [-0.1, -0.05) is 105 Å². The second-order valence-corrected chi connectivity index (χ2v) is 24.6. The summed E-state index contributed by atoms with van der Waals surface area (Å²) in [6, 6.07) is 25.0. The summed E-state index contributed by atoms with van der Waals surface area (Å²) in [6.45, 7) is 14.4. The van der Waals surface area contributed by atoms with Crippen molar-refractivity contribution >= 4 is 70.6 Å². The fourth-order valence-corrected chi connectivity index (χ4v) is 9.14. The maximum Gasteiger partial charge on any atom is 0.309 e. The molecule has 0 aliphatic rings. The van der Waals surface area contributed by atoms with Crippen molar-refractivity contribution in [1.29, 1.82) is 0 Å². The van der Waals surface area contributed by atoms with Crippen LogP contribution >= 0.6 is 0 Å². The maximum absolute atomic E-state index is 14.0. The molecule has 0 bridgehead atoms. The Labute approximate surface area is 529 Å². The molecule has 0 aromatic heterocycles. The molecule has 494 valence electrons. The minimum Gasteiger partial charge on any atom is -0.461 e. The summed E-state index contributed by atoms with van der Waals surface area (Å²) in [5.41, 5.74) is 0.651. The van der Waals surface area contributed by atoms with E-state index in [4.69, 9.17) is 28.4 Å². The number of nitrogens with one attached hydrogen (secondary N) is 4. The Kier molecular flexibility index (Phi) is 34.4. The lowest BCUT2D eigenvalue weighted by Gasteiger charge is -2.24. The molecule has 0 fully saturated rings. The molecule has 0 saturated heterocycles. The van der Waals surface area contributed by atoms with Gasteiger partial charge in [-0.2, -0.15) is 0 Å². The second-order valence-electron chi connectivity index (χ2n) is 24.6. The highest BCUT2D eigenvalue weighted by atomic mass is 16.6. The lowest BCUT2D eigenvalue weighted by Crippen LogP contribution is -2.45. The zero-order valence-electron chi connectivity index (χ0n) is 53.8. The summed E-state index contributed by atoms with van der Waals surface area (Å²) in [5, 5.41) is 10.7. The summed E-state index contributed by atoms with van der Waals surface area (Å²) in [4.78, 5) is 158. The second kappa shape index (κ2) is 40.6. The first-order valence-electron chi connectivity index (χ1n) is 30.8. The molecule has 0 radical (unpaired) electrons. The number of esters is 4. The molecule has 5 atom stereocenters. The van der Waals surface area contributed by atoms with Gasteiger partial charge < -0.3 is 49.7 Å². The lowest BCUT2D eigenvalue weighted by molar-refractivity contribution is -0.161. The largest absolute Gasteiger partial charge is 0.461 e. The third-order valence-electron chi connectivity index (χ3n) is 13.6. The number of hydrogen-bond acceptors (Lipinski definition) is 18. The van der Waals surface area contributed by atoms with E-state index in [1.54, 1.807) is 114 Å². The first kappa shape index (κ1) is 76.3. The highest BCUT2D eigenvalue weighted by Gasteiger charge is 2.32. The van der Waals surface area contributed by atoms with E-state index in [-0.39, 0.29) is 129 Å². The van der Waals surface area contributed by atoms with Gasteiger partial charge in [0.25, 0.3) is 0 Å². The molecule has 4 N–H and O–H groups in total. The summed E-state index contributed by atoms with van der Waals surface area (Å²) in [5.74, 6) is -9.47. The van der Waals surface area contributed by atoms with Gasteiger partial charge in [0.2, 0.25) is 23.6 Å². The van der Waals surface area contributed by atoms with Crippen molar-refractivity contribution in [3.63, 3.8) is 0 Å². The van der Waals surface area contributed by atoms with Crippen LogP contribution in [-0.4, -0.2) is 133 Å². The van der Waals surface area contributed by atoms with E-state index >= 15 is 0 Å². The van der Waals surface area contributed by atoms with Crippen molar-refractivity contribution < 1.29 is 86.0 Å². The van der Waals surface area contributed by atoms with Gasteiger partial charge in [-0.05, 0) is 103 Å². The number of benzene rings is 3. The van der Waals surface area contributed by atoms with E-state index in [1.807, 2.05) is 32.0 Å². The van der Waals surface area contributed by atoms with Crippen molar-refractivity contribution in [2.75, 3.05) is 39.5 Å². The molecule has 3 rings (SSSR count). The van der Waals surface area contributed by atoms with Crippen LogP contribution in [0.15, 0.2) is 91.0 Å². The van der Waals surface area contributed by atoms with E-state index in [2.05, 4.69) is 21.3 Å². The van der Waals surface area contributed by atoms with Gasteiger partial charge in [0.05, 0.1) is 50.8 Å². The molecule has 3 aromatic rings. The number of rotatable bonds is 43. The third kappa shape index (κ3) is 34.7. The van der Waals surface area contributed by atoms with E-state index in [9.17, 15) is 57.5 Å². The fraction of sp³-hybridized carbons (Fsp3) is 0.559. The molecular formula is C68H94N4O18. The molecule has 0 aliphatic heterocycles. The molecule has 0 heterocycles. The average molecular weight is 1260 g/mol. The van der Waals surface area contributed by atoms with Crippen molar-refractivity contribution in [2.24, 2.45) is 23.7 Å². The van der Waals surface area contributed by atoms with Gasteiger partial charge in [-0.15, -0.1) is 0 Å². The molecular weight excluding hydrogens is 1160 g/mol. The highest BCUT2D eigenvalue weighted by Crippen LogP contribution is 2.22. The molecule has 5 unspecified atom stereocenters. The molecule has 3 aromatic carbocycles. The Bertz CT molecular complexity index is 2800. The van der Waals surface area contributed by atoms with Crippen LogP contribution in [0, 0.1) is 23.7 Å². The normalized spacial score (nSPS) is 13.0. The average Bonchev–Trinajstić information content (AvgIpc) is 3.55. The predicted molar refractivity (Wildman–Crippen MR) is 332 cm³/mol. The number of ketones is 4. The number of carbonyl (C=O) groups excluding carboxylic acids is 12. The van der Waals surface area contributed by atoms with Crippen LogP contribution in [0.4, 0.5) is 0 Å². The van der Waals surface area contributed by atoms with Gasteiger partial charge in [0, 0.05) is 63.3 Å². The number of carbonyl (C=O) groups is 12. The van der Waals surface area contributed by atoms with Crippen LogP contribution in [0.2, 0.25) is 0 Å². The Morgan fingerprint density at radius 1 is 0.478 bits per heavy atom. The minimum atomic E-state index is -1.06. The van der Waals surface area contributed by atoms with Crippen LogP contribution in [-0.2, 0) is 106 Å². The molecule has 0 spiro atoms. The first-order chi connectivity index (χ1) is 42.5. The number of amides is 4. The monoisotopic (exact) mass is 1250 g/mol. The summed E-state index contributed by atoms with van der Waals surface area (Å²) in [6.07, 6.45) is -1.68. The number of Topliss-reactive ketones (excluding diaryl/α,β-unsaturated/α-hetero) is 4. The quantitative estimate of drug-likeness (QED) is 0.0249. The van der Waals surface area contributed by atoms with Crippen molar-refractivity contribution in [2.45, 2.75) is 182 Å². The van der Waals surface area contributed by atoms with Gasteiger partial charge >= 0.3 is 23.9 Å². The molecule has 22 heteroatoms. The molecule has 0 aliphatic carbocycles. The third-order valence-corrected chi connectivity index (χ3v) is 13.6. The van der Waals surface area contributed by atoms with E-state index < -0.39 is 125 Å².